The predicted octanol–water partition coefficient (Wildman–Crippen LogP) is 2.09. The number of hydrogen-bond acceptors (Lipinski definition) is 3. The van der Waals surface area contributed by atoms with Gasteiger partial charge in [0.2, 0.25) is 5.91 Å². The second-order valence-electron chi connectivity index (χ2n) is 4.30. The third-order valence-electron chi connectivity index (χ3n) is 2.59. The highest BCUT2D eigenvalue weighted by molar-refractivity contribution is 5.86. The van der Waals surface area contributed by atoms with Gasteiger partial charge in [0.15, 0.2) is 0 Å². The van der Waals surface area contributed by atoms with Crippen molar-refractivity contribution in [3.05, 3.63) is 0 Å². The molecule has 1 atom stereocenters. The highest BCUT2D eigenvalue weighted by Crippen LogP contribution is 2.10. The van der Waals surface area contributed by atoms with Crippen LogP contribution in [0.15, 0.2) is 0 Å². The molecule has 0 rings (SSSR count). The van der Waals surface area contributed by atoms with Crippen molar-refractivity contribution in [2.45, 2.75) is 47.0 Å². The van der Waals surface area contributed by atoms with Crippen LogP contribution in [0.3, 0.4) is 0 Å². The molecule has 0 heterocycles. The van der Waals surface area contributed by atoms with E-state index in [2.05, 4.69) is 5.32 Å². The van der Waals surface area contributed by atoms with Gasteiger partial charge in [-0.1, -0.05) is 27.7 Å². The summed E-state index contributed by atoms with van der Waals surface area (Å²) in [5.41, 5.74) is 0. The van der Waals surface area contributed by atoms with E-state index in [1.54, 1.807) is 0 Å². The number of rotatable bonds is 8. The Morgan fingerprint density at radius 2 is 1.72 bits per heavy atom. The van der Waals surface area contributed by atoms with E-state index in [1.807, 2.05) is 46.7 Å². The second-order valence-corrected chi connectivity index (χ2v) is 4.30. The molecule has 0 aromatic rings. The average Bonchev–Trinajstić information content (AvgIpc) is 2.37. The van der Waals surface area contributed by atoms with E-state index in [0.29, 0.717) is 19.4 Å². The van der Waals surface area contributed by atoms with Crippen molar-refractivity contribution in [2.75, 3.05) is 27.2 Å². The molecule has 0 radical (unpaired) electrons. The van der Waals surface area contributed by atoms with E-state index >= 15 is 0 Å². The fraction of sp³-hybridized carbons (Fsp3) is 0.857. The molecule has 18 heavy (non-hydrogen) atoms. The molecular weight excluding hydrogens is 228 g/mol. The zero-order valence-corrected chi connectivity index (χ0v) is 12.9. The van der Waals surface area contributed by atoms with Gasteiger partial charge in [-0.3, -0.25) is 9.59 Å². The first-order valence-corrected chi connectivity index (χ1v) is 6.95. The van der Waals surface area contributed by atoms with Crippen LogP contribution < -0.4 is 5.32 Å². The van der Waals surface area contributed by atoms with Gasteiger partial charge in [-0.2, -0.15) is 0 Å². The molecule has 0 fully saturated rings. The molecule has 0 saturated carbocycles. The van der Waals surface area contributed by atoms with Gasteiger partial charge in [-0.15, -0.1) is 0 Å². The maximum atomic E-state index is 11.7. The normalized spacial score (nSPS) is 11.5. The minimum Gasteiger partial charge on any atom is -0.355 e. The first-order chi connectivity index (χ1) is 8.51. The zero-order valence-electron chi connectivity index (χ0n) is 12.9. The Morgan fingerprint density at radius 3 is 2.11 bits per heavy atom. The first kappa shape index (κ1) is 19.4. The number of amides is 1. The molecule has 1 N–H and O–H groups in total. The highest BCUT2D eigenvalue weighted by Gasteiger charge is 2.18. The third-order valence-corrected chi connectivity index (χ3v) is 2.59. The molecule has 0 aliphatic heterocycles. The lowest BCUT2D eigenvalue weighted by atomic mass is 9.98. The smallest absolute Gasteiger partial charge is 0.223 e. The Hall–Kier alpha value is -0.900. The van der Waals surface area contributed by atoms with Gasteiger partial charge < -0.3 is 10.2 Å². The van der Waals surface area contributed by atoms with Crippen LogP contribution in [0.5, 0.6) is 0 Å². The SMILES string of the molecule is CC.CCC(=O)CC(CC)C(=O)NCCN(C)C. The zero-order chi connectivity index (χ0) is 14.6. The molecule has 0 aromatic carbocycles. The van der Waals surface area contributed by atoms with Crippen LogP contribution in [0.1, 0.15) is 47.0 Å². The molecule has 1 unspecified atom stereocenters. The number of Topliss-reactive ketones (excluding diaryl/α,β-unsaturated/α-hetero) is 1. The molecular formula is C14H30N2O2. The Balaban J connectivity index is 0. The lowest BCUT2D eigenvalue weighted by Gasteiger charge is -2.15. The van der Waals surface area contributed by atoms with Gasteiger partial charge in [0, 0.05) is 31.8 Å². The quantitative estimate of drug-likeness (QED) is 0.725. The van der Waals surface area contributed by atoms with Gasteiger partial charge in [0.1, 0.15) is 5.78 Å². The van der Waals surface area contributed by atoms with Crippen molar-refractivity contribution >= 4 is 11.7 Å². The van der Waals surface area contributed by atoms with Crippen molar-refractivity contribution in [3.63, 3.8) is 0 Å². The highest BCUT2D eigenvalue weighted by atomic mass is 16.2. The van der Waals surface area contributed by atoms with Crippen LogP contribution in [0, 0.1) is 5.92 Å². The number of nitrogens with one attached hydrogen (secondary N) is 1. The van der Waals surface area contributed by atoms with Crippen LogP contribution in [0.2, 0.25) is 0 Å². The molecule has 0 aliphatic carbocycles. The second kappa shape index (κ2) is 12.6. The third kappa shape index (κ3) is 10.3. The molecule has 1 amide bonds. The maximum absolute atomic E-state index is 11.7. The van der Waals surface area contributed by atoms with Gasteiger partial charge >= 0.3 is 0 Å². The largest absolute Gasteiger partial charge is 0.355 e. The van der Waals surface area contributed by atoms with E-state index in [9.17, 15) is 9.59 Å². The summed E-state index contributed by atoms with van der Waals surface area (Å²) < 4.78 is 0. The summed E-state index contributed by atoms with van der Waals surface area (Å²) in [7, 11) is 3.92. The molecule has 0 aliphatic rings. The van der Waals surface area contributed by atoms with Crippen molar-refractivity contribution in [1.82, 2.24) is 10.2 Å². The maximum Gasteiger partial charge on any atom is 0.223 e. The van der Waals surface area contributed by atoms with E-state index in [4.69, 9.17) is 0 Å². The molecule has 0 spiro atoms. The minimum atomic E-state index is -0.158. The lowest BCUT2D eigenvalue weighted by molar-refractivity contribution is -0.129. The van der Waals surface area contributed by atoms with Crippen LogP contribution in [-0.4, -0.2) is 43.8 Å². The average molecular weight is 258 g/mol. The standard InChI is InChI=1S/C12H24N2O2.C2H6/c1-5-10(9-11(15)6-2)12(16)13-7-8-14(3)4;1-2/h10H,5-9H2,1-4H3,(H,13,16);1-2H3. The van der Waals surface area contributed by atoms with E-state index < -0.39 is 0 Å². The Labute approximate surface area is 112 Å². The molecule has 0 saturated heterocycles. The van der Waals surface area contributed by atoms with Crippen molar-refractivity contribution in [2.24, 2.45) is 5.92 Å². The summed E-state index contributed by atoms with van der Waals surface area (Å²) in [6, 6.07) is 0. The van der Waals surface area contributed by atoms with Crippen LogP contribution in [0.4, 0.5) is 0 Å². The number of ketones is 1. The molecule has 108 valence electrons. The molecule has 0 bridgehead atoms. The van der Waals surface area contributed by atoms with Crippen LogP contribution in [0.25, 0.3) is 0 Å². The summed E-state index contributed by atoms with van der Waals surface area (Å²) in [6.45, 7) is 9.24. The monoisotopic (exact) mass is 258 g/mol. The van der Waals surface area contributed by atoms with Crippen molar-refractivity contribution in [3.8, 4) is 0 Å². The van der Waals surface area contributed by atoms with Gasteiger partial charge in [0.05, 0.1) is 0 Å². The molecule has 0 aromatic heterocycles. The van der Waals surface area contributed by atoms with Crippen molar-refractivity contribution in [1.29, 1.82) is 0 Å². The van der Waals surface area contributed by atoms with E-state index in [0.717, 1.165) is 13.0 Å². The molecule has 4 nitrogen and oxygen atoms in total. The fourth-order valence-corrected chi connectivity index (χ4v) is 1.39. The lowest BCUT2D eigenvalue weighted by Crippen LogP contribution is -2.36. The van der Waals surface area contributed by atoms with Crippen LogP contribution in [-0.2, 0) is 9.59 Å². The summed E-state index contributed by atoms with van der Waals surface area (Å²) in [5, 5.41) is 2.86. The number of nitrogens with zero attached hydrogens (tertiary/aromatic N) is 1. The van der Waals surface area contributed by atoms with Gasteiger partial charge in [-0.25, -0.2) is 0 Å². The fourth-order valence-electron chi connectivity index (χ4n) is 1.39. The predicted molar refractivity (Wildman–Crippen MR) is 76.6 cm³/mol. The number of carbonyl (C=O) groups excluding carboxylic acids is 2. The first-order valence-electron chi connectivity index (χ1n) is 6.95. The van der Waals surface area contributed by atoms with Gasteiger partial charge in [0.25, 0.3) is 0 Å². The van der Waals surface area contributed by atoms with Crippen molar-refractivity contribution < 1.29 is 9.59 Å². The Kier molecular flexibility index (Phi) is 13.6. The van der Waals surface area contributed by atoms with E-state index in [-0.39, 0.29) is 17.6 Å². The molecule has 4 heteroatoms. The number of carbonyl (C=O) groups is 2. The summed E-state index contributed by atoms with van der Waals surface area (Å²) in [6.07, 6.45) is 1.61. The summed E-state index contributed by atoms with van der Waals surface area (Å²) >= 11 is 0. The summed E-state index contributed by atoms with van der Waals surface area (Å²) in [5.74, 6) is 0.00960. The minimum absolute atomic E-state index is 0.00569. The van der Waals surface area contributed by atoms with Gasteiger partial charge in [-0.05, 0) is 20.5 Å². The Morgan fingerprint density at radius 1 is 1.17 bits per heavy atom. The summed E-state index contributed by atoms with van der Waals surface area (Å²) in [4.78, 5) is 25.0. The Bertz CT molecular complexity index is 228. The topological polar surface area (TPSA) is 49.4 Å². The number of likely N-dealkylation sites (N-methyl/N-ethyl adjacent to an activating group) is 1. The number of hydrogen-bond donors (Lipinski definition) is 1. The van der Waals surface area contributed by atoms with E-state index in [1.165, 1.54) is 0 Å². The van der Waals surface area contributed by atoms with Crippen LogP contribution >= 0.6 is 0 Å².